The van der Waals surface area contributed by atoms with Crippen LogP contribution in [0, 0.1) is 0 Å². The van der Waals surface area contributed by atoms with Gasteiger partial charge in [0.1, 0.15) is 17.0 Å². The highest BCUT2D eigenvalue weighted by Crippen LogP contribution is 2.23. The Kier molecular flexibility index (Phi) is 7.20. The predicted molar refractivity (Wildman–Crippen MR) is 114 cm³/mol. The highest BCUT2D eigenvalue weighted by molar-refractivity contribution is 7.89. The van der Waals surface area contributed by atoms with Crippen LogP contribution in [-0.4, -0.2) is 35.6 Å². The molecule has 0 saturated heterocycles. The summed E-state index contributed by atoms with van der Waals surface area (Å²) in [5, 5.41) is 10.7. The van der Waals surface area contributed by atoms with Gasteiger partial charge in [-0.15, -0.1) is 10.2 Å². The smallest absolute Gasteiger partial charge is 0.251 e. The first-order valence-electron chi connectivity index (χ1n) is 9.38. The molecule has 1 aromatic heterocycles. The quantitative estimate of drug-likeness (QED) is 0.524. The van der Waals surface area contributed by atoms with Crippen LogP contribution in [0.25, 0.3) is 0 Å². The Bertz CT molecular complexity index is 1120. The van der Waals surface area contributed by atoms with E-state index in [9.17, 15) is 13.2 Å². The number of carbonyl (C=O) groups excluding carboxylic acids is 1. The van der Waals surface area contributed by atoms with E-state index in [4.69, 9.17) is 11.6 Å². The molecule has 0 aliphatic rings. The molecule has 10 heteroatoms. The summed E-state index contributed by atoms with van der Waals surface area (Å²) in [6.45, 7) is 3.18. The van der Waals surface area contributed by atoms with E-state index >= 15 is 0 Å². The molecule has 1 heterocycles. The maximum atomic E-state index is 12.7. The van der Waals surface area contributed by atoms with Crippen LogP contribution in [0.1, 0.15) is 28.7 Å². The number of aromatic nitrogens is 3. The van der Waals surface area contributed by atoms with E-state index in [2.05, 4.69) is 20.2 Å². The van der Waals surface area contributed by atoms with E-state index in [-0.39, 0.29) is 22.0 Å². The van der Waals surface area contributed by atoms with Crippen LogP contribution < -0.4 is 10.0 Å². The zero-order valence-corrected chi connectivity index (χ0v) is 17.9. The third-order valence-corrected chi connectivity index (χ3v) is 6.35. The Hall–Kier alpha value is -2.75. The summed E-state index contributed by atoms with van der Waals surface area (Å²) in [5.74, 6) is 0.371. The average Bonchev–Trinajstić information content (AvgIpc) is 3.20. The molecule has 3 aromatic rings. The predicted octanol–water partition coefficient (Wildman–Crippen LogP) is 2.40. The van der Waals surface area contributed by atoms with Gasteiger partial charge < -0.3 is 9.88 Å². The van der Waals surface area contributed by atoms with Crippen molar-refractivity contribution in [3.05, 3.63) is 76.8 Å². The first kappa shape index (κ1) is 21.9. The average molecular weight is 448 g/mol. The van der Waals surface area contributed by atoms with E-state index in [1.165, 1.54) is 18.2 Å². The summed E-state index contributed by atoms with van der Waals surface area (Å²) in [6, 6.07) is 13.3. The monoisotopic (exact) mass is 447 g/mol. The molecule has 0 saturated carbocycles. The van der Waals surface area contributed by atoms with Crippen LogP contribution >= 0.6 is 11.6 Å². The molecule has 0 aliphatic heterocycles. The Morgan fingerprint density at radius 2 is 1.93 bits per heavy atom. The summed E-state index contributed by atoms with van der Waals surface area (Å²) in [5.41, 5.74) is 1.02. The maximum Gasteiger partial charge on any atom is 0.251 e. The summed E-state index contributed by atoms with van der Waals surface area (Å²) in [6.07, 6.45) is 2.15. The fraction of sp³-hybridized carbons (Fsp3) is 0.250. The molecular weight excluding hydrogens is 426 g/mol. The summed E-state index contributed by atoms with van der Waals surface area (Å²) in [7, 11) is -3.89. The third kappa shape index (κ3) is 5.44. The Labute approximate surface area is 180 Å². The van der Waals surface area contributed by atoms with Crippen LogP contribution in [0.4, 0.5) is 0 Å². The van der Waals surface area contributed by atoms with Crippen molar-refractivity contribution < 1.29 is 13.2 Å². The number of sulfonamides is 1. The summed E-state index contributed by atoms with van der Waals surface area (Å²) in [4.78, 5) is 12.3. The first-order chi connectivity index (χ1) is 14.4. The summed E-state index contributed by atoms with van der Waals surface area (Å²) < 4.78 is 29.8. The van der Waals surface area contributed by atoms with E-state index in [0.717, 1.165) is 17.9 Å². The van der Waals surface area contributed by atoms with Gasteiger partial charge in [0.15, 0.2) is 0 Å². The zero-order chi connectivity index (χ0) is 21.6. The molecule has 3 rings (SSSR count). The second kappa shape index (κ2) is 9.84. The maximum absolute atomic E-state index is 12.7. The van der Waals surface area contributed by atoms with Gasteiger partial charge in [0.05, 0.1) is 5.02 Å². The van der Waals surface area contributed by atoms with Crippen LogP contribution in [0.3, 0.4) is 0 Å². The van der Waals surface area contributed by atoms with Crippen LogP contribution in [0.15, 0.2) is 59.8 Å². The number of hydrogen-bond acceptors (Lipinski definition) is 5. The number of hydrogen-bond donors (Lipinski definition) is 2. The number of carbonyl (C=O) groups is 1. The first-order valence-corrected chi connectivity index (χ1v) is 11.2. The minimum Gasteiger partial charge on any atom is -0.352 e. The molecule has 1 amide bonds. The number of halogens is 1. The molecular formula is C20H22ClN5O3S. The molecule has 0 atom stereocenters. The van der Waals surface area contributed by atoms with Crippen molar-refractivity contribution in [3.63, 3.8) is 0 Å². The molecule has 0 fully saturated rings. The van der Waals surface area contributed by atoms with Gasteiger partial charge in [-0.3, -0.25) is 4.79 Å². The van der Waals surface area contributed by atoms with E-state index in [1.807, 2.05) is 41.8 Å². The Morgan fingerprint density at radius 1 is 1.17 bits per heavy atom. The highest BCUT2D eigenvalue weighted by Gasteiger charge is 2.20. The standard InChI is InChI=1S/C20H22ClN5O3S/c1-2-26-14-23-25-19(26)10-11-22-20(27)16-8-9-17(21)18(12-16)30(28,29)24-13-15-6-4-3-5-7-15/h3-9,12,14,24H,2,10-11,13H2,1H3,(H,22,27). The molecule has 2 aromatic carbocycles. The Balaban J connectivity index is 1.66. The number of benzene rings is 2. The number of amides is 1. The SMILES string of the molecule is CCn1cnnc1CCNC(=O)c1ccc(Cl)c(S(=O)(=O)NCc2ccccc2)c1. The molecule has 0 unspecified atom stereocenters. The van der Waals surface area contributed by atoms with Crippen LogP contribution in [0.5, 0.6) is 0 Å². The fourth-order valence-corrected chi connectivity index (χ4v) is 4.37. The van der Waals surface area contributed by atoms with Gasteiger partial charge in [-0.05, 0) is 30.7 Å². The molecule has 8 nitrogen and oxygen atoms in total. The Morgan fingerprint density at radius 3 is 2.67 bits per heavy atom. The normalized spacial score (nSPS) is 11.4. The van der Waals surface area contributed by atoms with Crippen molar-refractivity contribution in [3.8, 4) is 0 Å². The van der Waals surface area contributed by atoms with Gasteiger partial charge in [-0.25, -0.2) is 13.1 Å². The van der Waals surface area contributed by atoms with Gasteiger partial charge in [0.25, 0.3) is 5.91 Å². The highest BCUT2D eigenvalue weighted by atomic mass is 35.5. The van der Waals surface area contributed by atoms with E-state index < -0.39 is 15.9 Å². The molecule has 0 bridgehead atoms. The lowest BCUT2D eigenvalue weighted by Crippen LogP contribution is -2.27. The van der Waals surface area contributed by atoms with Gasteiger partial charge in [0.2, 0.25) is 10.0 Å². The van der Waals surface area contributed by atoms with Crippen molar-refractivity contribution in [1.29, 1.82) is 0 Å². The lowest BCUT2D eigenvalue weighted by molar-refractivity contribution is 0.0953. The molecule has 0 radical (unpaired) electrons. The molecule has 30 heavy (non-hydrogen) atoms. The number of nitrogens with zero attached hydrogens (tertiary/aromatic N) is 3. The van der Waals surface area contributed by atoms with Crippen molar-refractivity contribution in [1.82, 2.24) is 24.8 Å². The van der Waals surface area contributed by atoms with Crippen molar-refractivity contribution in [2.45, 2.75) is 31.3 Å². The van der Waals surface area contributed by atoms with Crippen LogP contribution in [0.2, 0.25) is 5.02 Å². The minimum absolute atomic E-state index is 0.0446. The fourth-order valence-electron chi connectivity index (χ4n) is 2.83. The lowest BCUT2D eigenvalue weighted by Gasteiger charge is -2.11. The van der Waals surface area contributed by atoms with Gasteiger partial charge in [-0.2, -0.15) is 0 Å². The van der Waals surface area contributed by atoms with Gasteiger partial charge in [-0.1, -0.05) is 41.9 Å². The second-order valence-electron chi connectivity index (χ2n) is 6.49. The van der Waals surface area contributed by atoms with Gasteiger partial charge in [0, 0.05) is 31.6 Å². The largest absolute Gasteiger partial charge is 0.352 e. The third-order valence-electron chi connectivity index (χ3n) is 4.46. The van der Waals surface area contributed by atoms with Crippen LogP contribution in [-0.2, 0) is 29.5 Å². The topological polar surface area (TPSA) is 106 Å². The molecule has 158 valence electrons. The lowest BCUT2D eigenvalue weighted by atomic mass is 10.2. The van der Waals surface area contributed by atoms with Crippen molar-refractivity contribution in [2.75, 3.05) is 6.54 Å². The molecule has 2 N–H and O–H groups in total. The summed E-state index contributed by atoms with van der Waals surface area (Å²) >= 11 is 6.10. The minimum atomic E-state index is -3.89. The van der Waals surface area contributed by atoms with Crippen molar-refractivity contribution in [2.24, 2.45) is 0 Å². The van der Waals surface area contributed by atoms with E-state index in [1.54, 1.807) is 6.33 Å². The number of aryl methyl sites for hydroxylation is 1. The van der Waals surface area contributed by atoms with E-state index in [0.29, 0.717) is 13.0 Å². The molecule has 0 aliphatic carbocycles. The number of nitrogens with one attached hydrogen (secondary N) is 2. The van der Waals surface area contributed by atoms with Gasteiger partial charge >= 0.3 is 0 Å². The van der Waals surface area contributed by atoms with Crippen molar-refractivity contribution >= 4 is 27.5 Å². The number of rotatable bonds is 9. The molecule has 0 spiro atoms. The zero-order valence-electron chi connectivity index (χ0n) is 16.4. The second-order valence-corrected chi connectivity index (χ2v) is 8.64.